The molecule has 0 saturated heterocycles. The molecular weight excluding hydrogens is 583 g/mol. The number of nitriles is 1. The van der Waals surface area contributed by atoms with Crippen molar-refractivity contribution in [2.75, 3.05) is 13.7 Å². The first-order valence-corrected chi connectivity index (χ1v) is 13.9. The van der Waals surface area contributed by atoms with Gasteiger partial charge in [-0.3, -0.25) is 14.2 Å². The quantitative estimate of drug-likeness (QED) is 0.216. The van der Waals surface area contributed by atoms with Gasteiger partial charge in [0.05, 0.1) is 56.6 Å². The number of nitrogens with zero attached hydrogens (tertiary/aromatic N) is 6. The van der Waals surface area contributed by atoms with Crippen molar-refractivity contribution >= 4 is 40.8 Å². The van der Waals surface area contributed by atoms with Crippen LogP contribution in [0.1, 0.15) is 56.9 Å². The first-order chi connectivity index (χ1) is 19.6. The van der Waals surface area contributed by atoms with Gasteiger partial charge in [-0.2, -0.15) is 29.0 Å². The molecule has 0 spiro atoms. The number of Topliss-reactive ketones (excluding diaryl/α,β-unsaturated/α-hetero) is 1. The molecule has 0 fully saturated rings. The number of ketones is 1. The molecule has 1 aromatic carbocycles. The van der Waals surface area contributed by atoms with E-state index in [0.29, 0.717) is 26.7 Å². The van der Waals surface area contributed by atoms with Crippen molar-refractivity contribution in [3.63, 3.8) is 0 Å². The average Bonchev–Trinajstić information content (AvgIpc) is 3.58. The maximum absolute atomic E-state index is 14.4. The summed E-state index contributed by atoms with van der Waals surface area (Å²) >= 11 is 1.14. The van der Waals surface area contributed by atoms with Gasteiger partial charge in [-0.05, 0) is 38.0 Å². The third-order valence-corrected chi connectivity index (χ3v) is 7.98. The second-order valence-corrected chi connectivity index (χ2v) is 11.0. The van der Waals surface area contributed by atoms with Crippen LogP contribution in [-0.2, 0) is 16.1 Å². The molecular formula is C28H33FN6O5S2. The Morgan fingerprint density at radius 1 is 1.19 bits per heavy atom. The topological polar surface area (TPSA) is 134 Å². The monoisotopic (exact) mass is 616 g/mol. The van der Waals surface area contributed by atoms with E-state index in [0.717, 1.165) is 15.9 Å². The molecule has 0 aliphatic rings. The van der Waals surface area contributed by atoms with E-state index < -0.39 is 29.2 Å². The molecule has 0 saturated carbocycles. The second-order valence-electron chi connectivity index (χ2n) is 9.99. The van der Waals surface area contributed by atoms with Crippen LogP contribution in [0.3, 0.4) is 0 Å². The van der Waals surface area contributed by atoms with E-state index in [1.165, 1.54) is 54.0 Å². The van der Waals surface area contributed by atoms with Gasteiger partial charge in [0.2, 0.25) is 0 Å². The van der Waals surface area contributed by atoms with Crippen molar-refractivity contribution in [1.82, 2.24) is 24.1 Å². The number of benzene rings is 1. The Bertz CT molecular complexity index is 1720. The van der Waals surface area contributed by atoms with Crippen LogP contribution in [-0.4, -0.2) is 43.6 Å². The highest BCUT2D eigenvalue weighted by Gasteiger charge is 2.29. The lowest BCUT2D eigenvalue weighted by Gasteiger charge is -2.23. The standard InChI is InChI=1S/C28H31FN6O5S.H2S/c1-16(2)13-21(36)18(4)34-25(37)24-17(3)26(35-31-10-11-32-35)41-27(24)33(28(34)38)15-23(40-12-6-9-30)20-14-19(29)7-8-22(20)39-5;/h7-8,10-11,14,16,18,23H,6,12-13,15H2,1-5H3;1H2/t18-,23-;/m0./s1. The van der Waals surface area contributed by atoms with E-state index in [9.17, 15) is 18.8 Å². The molecule has 0 aliphatic heterocycles. The molecule has 0 amide bonds. The summed E-state index contributed by atoms with van der Waals surface area (Å²) in [5.74, 6) is -0.426. The number of fused-ring (bicyclic) bond motifs is 1. The molecule has 3 aromatic heterocycles. The maximum Gasteiger partial charge on any atom is 0.332 e. The molecule has 224 valence electrons. The van der Waals surface area contributed by atoms with Gasteiger partial charge in [0.15, 0.2) is 5.78 Å². The molecule has 11 nitrogen and oxygen atoms in total. The highest BCUT2D eigenvalue weighted by Crippen LogP contribution is 2.34. The smallest absolute Gasteiger partial charge is 0.332 e. The Labute approximate surface area is 252 Å². The van der Waals surface area contributed by atoms with Crippen molar-refractivity contribution in [3.8, 4) is 16.8 Å². The van der Waals surface area contributed by atoms with Crippen molar-refractivity contribution < 1.29 is 18.7 Å². The molecule has 0 aliphatic carbocycles. The molecule has 2 atom stereocenters. The molecule has 0 radical (unpaired) electrons. The molecule has 3 heterocycles. The Morgan fingerprint density at radius 2 is 1.88 bits per heavy atom. The minimum Gasteiger partial charge on any atom is -0.496 e. The van der Waals surface area contributed by atoms with Gasteiger partial charge in [0.1, 0.15) is 27.5 Å². The van der Waals surface area contributed by atoms with Gasteiger partial charge in [-0.25, -0.2) is 13.8 Å². The molecule has 0 N–H and O–H groups in total. The van der Waals surface area contributed by atoms with Gasteiger partial charge in [0.25, 0.3) is 5.56 Å². The van der Waals surface area contributed by atoms with Crippen LogP contribution < -0.4 is 16.0 Å². The first-order valence-electron chi connectivity index (χ1n) is 13.1. The average molecular weight is 617 g/mol. The van der Waals surface area contributed by atoms with Crippen LogP contribution in [0.2, 0.25) is 0 Å². The predicted molar refractivity (Wildman–Crippen MR) is 161 cm³/mol. The van der Waals surface area contributed by atoms with Crippen LogP contribution in [0, 0.1) is 30.0 Å². The van der Waals surface area contributed by atoms with Gasteiger partial charge >= 0.3 is 5.69 Å². The highest BCUT2D eigenvalue weighted by molar-refractivity contribution is 7.59. The molecule has 0 bridgehead atoms. The summed E-state index contributed by atoms with van der Waals surface area (Å²) in [7, 11) is 1.43. The number of hydrogen-bond acceptors (Lipinski definition) is 9. The number of thiophene rings is 1. The van der Waals surface area contributed by atoms with E-state index in [4.69, 9.17) is 14.7 Å². The van der Waals surface area contributed by atoms with Crippen LogP contribution in [0.25, 0.3) is 15.2 Å². The lowest BCUT2D eigenvalue weighted by Crippen LogP contribution is -2.44. The Balaban J connectivity index is 0.00000484. The summed E-state index contributed by atoms with van der Waals surface area (Å²) in [5, 5.41) is 18.2. The summed E-state index contributed by atoms with van der Waals surface area (Å²) in [6.07, 6.45) is 2.31. The van der Waals surface area contributed by atoms with Crippen LogP contribution in [0.4, 0.5) is 4.39 Å². The summed E-state index contributed by atoms with van der Waals surface area (Å²) in [5.41, 5.74) is -0.433. The van der Waals surface area contributed by atoms with Crippen molar-refractivity contribution in [2.45, 2.75) is 59.2 Å². The number of methoxy groups -OCH3 is 1. The van der Waals surface area contributed by atoms with E-state index in [-0.39, 0.29) is 56.6 Å². The zero-order chi connectivity index (χ0) is 29.8. The van der Waals surface area contributed by atoms with Crippen LogP contribution >= 0.6 is 24.8 Å². The summed E-state index contributed by atoms with van der Waals surface area (Å²) in [4.78, 5) is 42.7. The van der Waals surface area contributed by atoms with Crippen molar-refractivity contribution in [1.29, 1.82) is 5.26 Å². The largest absolute Gasteiger partial charge is 0.496 e. The summed E-state index contributed by atoms with van der Waals surface area (Å²) < 4.78 is 28.2. The van der Waals surface area contributed by atoms with Gasteiger partial charge in [-0.1, -0.05) is 25.2 Å². The van der Waals surface area contributed by atoms with Crippen molar-refractivity contribution in [3.05, 3.63) is 68.4 Å². The molecule has 42 heavy (non-hydrogen) atoms. The highest BCUT2D eigenvalue weighted by atomic mass is 32.1. The Hall–Kier alpha value is -3.80. The third-order valence-electron chi connectivity index (χ3n) is 6.70. The lowest BCUT2D eigenvalue weighted by molar-refractivity contribution is -0.122. The number of carbonyl (C=O) groups is 1. The predicted octanol–water partition coefficient (Wildman–Crippen LogP) is 4.22. The van der Waals surface area contributed by atoms with E-state index in [2.05, 4.69) is 10.2 Å². The van der Waals surface area contributed by atoms with Crippen molar-refractivity contribution in [2.24, 2.45) is 5.92 Å². The number of carbonyl (C=O) groups excluding carboxylic acids is 1. The number of rotatable bonds is 12. The van der Waals surface area contributed by atoms with Gasteiger partial charge < -0.3 is 9.47 Å². The number of hydrogen-bond donors (Lipinski definition) is 0. The zero-order valence-electron chi connectivity index (χ0n) is 24.0. The normalized spacial score (nSPS) is 12.6. The fourth-order valence-electron chi connectivity index (χ4n) is 4.69. The maximum atomic E-state index is 14.4. The van der Waals surface area contributed by atoms with Crippen LogP contribution in [0.5, 0.6) is 5.75 Å². The lowest BCUT2D eigenvalue weighted by atomic mass is 10.0. The minimum atomic E-state index is -1.03. The van der Waals surface area contributed by atoms with E-state index in [1.807, 2.05) is 19.9 Å². The number of halogens is 1. The Kier molecular flexibility index (Phi) is 10.8. The fourth-order valence-corrected chi connectivity index (χ4v) is 5.91. The molecule has 4 rings (SSSR count). The molecule has 0 unspecified atom stereocenters. The SMILES string of the molecule is COc1ccc(F)cc1[C@H](Cn1c(=O)n([C@@H](C)C(=O)CC(C)C)c(=O)c2c(C)c(-n3nccn3)sc21)OCCC#N.S. The number of aromatic nitrogens is 5. The summed E-state index contributed by atoms with van der Waals surface area (Å²) in [6, 6.07) is 4.93. The summed E-state index contributed by atoms with van der Waals surface area (Å²) in [6.45, 7) is 6.89. The van der Waals surface area contributed by atoms with Crippen LogP contribution in [0.15, 0.2) is 40.2 Å². The van der Waals surface area contributed by atoms with Gasteiger partial charge in [0, 0.05) is 17.5 Å². The minimum absolute atomic E-state index is 0. The van der Waals surface area contributed by atoms with E-state index in [1.54, 1.807) is 6.92 Å². The first kappa shape index (κ1) is 32.7. The third kappa shape index (κ3) is 6.48. The molecule has 4 aromatic rings. The van der Waals surface area contributed by atoms with Gasteiger partial charge in [-0.15, -0.1) is 4.80 Å². The molecule has 14 heteroatoms. The van der Waals surface area contributed by atoms with E-state index >= 15 is 0 Å². The fraction of sp³-hybridized carbons (Fsp3) is 0.429. The zero-order valence-corrected chi connectivity index (χ0v) is 25.8. The number of ether oxygens (including phenoxy) is 2. The number of aryl methyl sites for hydroxylation is 1. The second kappa shape index (κ2) is 13.9. The Morgan fingerprint density at radius 3 is 2.50 bits per heavy atom.